The highest BCUT2D eigenvalue weighted by molar-refractivity contribution is 8.00. The summed E-state index contributed by atoms with van der Waals surface area (Å²) in [6, 6.07) is 14.9. The summed E-state index contributed by atoms with van der Waals surface area (Å²) in [7, 11) is 0. The van der Waals surface area contributed by atoms with Crippen LogP contribution in [0.4, 0.5) is 0 Å². The van der Waals surface area contributed by atoms with Gasteiger partial charge in [0, 0.05) is 23.0 Å². The van der Waals surface area contributed by atoms with Crippen molar-refractivity contribution in [2.45, 2.75) is 45.2 Å². The molecule has 0 saturated heterocycles. The van der Waals surface area contributed by atoms with E-state index in [0.29, 0.717) is 24.0 Å². The SMILES string of the molecule is Cc1ccc(SCC(=O)N(Cc2cccc(Cl)c2)C(C)C(=O)NCC(C)C)cc1. The van der Waals surface area contributed by atoms with E-state index >= 15 is 0 Å². The molecule has 156 valence electrons. The van der Waals surface area contributed by atoms with E-state index in [2.05, 4.69) is 5.32 Å². The maximum absolute atomic E-state index is 13.0. The monoisotopic (exact) mass is 432 g/mol. The average Bonchev–Trinajstić information content (AvgIpc) is 2.69. The molecule has 0 aliphatic heterocycles. The van der Waals surface area contributed by atoms with Gasteiger partial charge in [-0.05, 0) is 49.6 Å². The van der Waals surface area contributed by atoms with Crippen LogP contribution in [0.5, 0.6) is 0 Å². The van der Waals surface area contributed by atoms with Crippen molar-refractivity contribution in [2.24, 2.45) is 5.92 Å². The highest BCUT2D eigenvalue weighted by atomic mass is 35.5. The van der Waals surface area contributed by atoms with Gasteiger partial charge < -0.3 is 10.2 Å². The first-order valence-corrected chi connectivity index (χ1v) is 11.1. The van der Waals surface area contributed by atoms with Crippen molar-refractivity contribution < 1.29 is 9.59 Å². The van der Waals surface area contributed by atoms with Gasteiger partial charge in [0.05, 0.1) is 5.75 Å². The second-order valence-corrected chi connectivity index (χ2v) is 9.05. The quantitative estimate of drug-likeness (QED) is 0.571. The van der Waals surface area contributed by atoms with Crippen molar-refractivity contribution in [2.75, 3.05) is 12.3 Å². The third-order valence-corrected chi connectivity index (χ3v) is 5.71. The first-order valence-electron chi connectivity index (χ1n) is 9.77. The number of nitrogens with one attached hydrogen (secondary N) is 1. The molecule has 0 radical (unpaired) electrons. The van der Waals surface area contributed by atoms with E-state index in [1.54, 1.807) is 17.9 Å². The minimum atomic E-state index is -0.571. The van der Waals surface area contributed by atoms with Crippen LogP contribution >= 0.6 is 23.4 Å². The first kappa shape index (κ1) is 23.3. The summed E-state index contributed by atoms with van der Waals surface area (Å²) in [5.74, 6) is 0.392. The van der Waals surface area contributed by atoms with Crippen molar-refractivity contribution in [3.05, 3.63) is 64.7 Å². The van der Waals surface area contributed by atoms with E-state index in [1.165, 1.54) is 17.3 Å². The number of halogens is 1. The number of aryl methyl sites for hydroxylation is 1. The Morgan fingerprint density at radius 3 is 2.41 bits per heavy atom. The molecule has 4 nitrogen and oxygen atoms in total. The van der Waals surface area contributed by atoms with E-state index in [0.717, 1.165) is 10.5 Å². The standard InChI is InChI=1S/C23H29ClN2O2S/c1-16(2)13-25-23(28)18(4)26(14-19-6-5-7-20(24)12-19)22(27)15-29-21-10-8-17(3)9-11-21/h5-12,16,18H,13-15H2,1-4H3,(H,25,28). The zero-order chi connectivity index (χ0) is 21.4. The molecule has 0 saturated carbocycles. The lowest BCUT2D eigenvalue weighted by Gasteiger charge is -2.29. The molecular formula is C23H29ClN2O2S. The molecule has 1 unspecified atom stereocenters. The molecule has 6 heteroatoms. The lowest BCUT2D eigenvalue weighted by Crippen LogP contribution is -2.48. The van der Waals surface area contributed by atoms with Gasteiger partial charge in [0.2, 0.25) is 11.8 Å². The Labute approximate surface area is 183 Å². The number of nitrogens with zero attached hydrogens (tertiary/aromatic N) is 1. The molecule has 29 heavy (non-hydrogen) atoms. The van der Waals surface area contributed by atoms with E-state index in [1.807, 2.05) is 63.2 Å². The van der Waals surface area contributed by atoms with Crippen LogP contribution in [0.25, 0.3) is 0 Å². The number of carbonyl (C=O) groups is 2. The van der Waals surface area contributed by atoms with Gasteiger partial charge in [-0.1, -0.05) is 55.3 Å². The highest BCUT2D eigenvalue weighted by Crippen LogP contribution is 2.21. The number of amides is 2. The van der Waals surface area contributed by atoms with Crippen LogP contribution in [0.3, 0.4) is 0 Å². The molecule has 2 rings (SSSR count). The van der Waals surface area contributed by atoms with E-state index in [-0.39, 0.29) is 17.6 Å². The molecule has 2 aromatic carbocycles. The van der Waals surface area contributed by atoms with Crippen molar-refractivity contribution in [3.8, 4) is 0 Å². The average molecular weight is 433 g/mol. The predicted molar refractivity (Wildman–Crippen MR) is 121 cm³/mol. The number of benzene rings is 2. The minimum Gasteiger partial charge on any atom is -0.354 e. The fraction of sp³-hybridized carbons (Fsp3) is 0.391. The third kappa shape index (κ3) is 7.75. The van der Waals surface area contributed by atoms with Crippen LogP contribution in [0.2, 0.25) is 5.02 Å². The summed E-state index contributed by atoms with van der Waals surface area (Å²) in [6.07, 6.45) is 0. The van der Waals surface area contributed by atoms with E-state index in [9.17, 15) is 9.59 Å². The number of hydrogen-bond acceptors (Lipinski definition) is 3. The van der Waals surface area contributed by atoms with E-state index < -0.39 is 6.04 Å². The summed E-state index contributed by atoms with van der Waals surface area (Å²) in [5, 5.41) is 3.54. The van der Waals surface area contributed by atoms with Crippen LogP contribution in [-0.4, -0.2) is 35.1 Å². The molecule has 0 spiro atoms. The summed E-state index contributed by atoms with van der Waals surface area (Å²) >= 11 is 7.58. The van der Waals surface area contributed by atoms with Gasteiger partial charge in [0.1, 0.15) is 6.04 Å². The lowest BCUT2D eigenvalue weighted by molar-refractivity contribution is -0.138. The third-order valence-electron chi connectivity index (χ3n) is 4.48. The number of thioether (sulfide) groups is 1. The summed E-state index contributed by atoms with van der Waals surface area (Å²) in [5.41, 5.74) is 2.08. The Balaban J connectivity index is 2.12. The van der Waals surface area contributed by atoms with Crippen LogP contribution in [-0.2, 0) is 16.1 Å². The Morgan fingerprint density at radius 2 is 1.79 bits per heavy atom. The first-order chi connectivity index (χ1) is 13.8. The van der Waals surface area contributed by atoms with Gasteiger partial charge in [-0.15, -0.1) is 11.8 Å². The van der Waals surface area contributed by atoms with E-state index in [4.69, 9.17) is 11.6 Å². The van der Waals surface area contributed by atoms with Crippen molar-refractivity contribution in [3.63, 3.8) is 0 Å². The number of carbonyl (C=O) groups excluding carboxylic acids is 2. The van der Waals surface area contributed by atoms with Gasteiger partial charge in [0.15, 0.2) is 0 Å². The second-order valence-electron chi connectivity index (χ2n) is 7.57. The Morgan fingerprint density at radius 1 is 1.10 bits per heavy atom. The predicted octanol–water partition coefficient (Wildman–Crippen LogP) is 4.93. The lowest BCUT2D eigenvalue weighted by atomic mass is 10.1. The molecule has 1 N–H and O–H groups in total. The summed E-state index contributed by atoms with van der Waals surface area (Å²) < 4.78 is 0. The Bertz CT molecular complexity index is 824. The van der Waals surface area contributed by atoms with Crippen LogP contribution < -0.4 is 5.32 Å². The van der Waals surface area contributed by atoms with Crippen LogP contribution in [0, 0.1) is 12.8 Å². The maximum atomic E-state index is 13.0. The van der Waals surface area contributed by atoms with Gasteiger partial charge in [-0.3, -0.25) is 9.59 Å². The largest absolute Gasteiger partial charge is 0.354 e. The zero-order valence-corrected chi connectivity index (χ0v) is 19.0. The molecule has 0 fully saturated rings. The fourth-order valence-electron chi connectivity index (χ4n) is 2.73. The molecular weight excluding hydrogens is 404 g/mol. The molecule has 0 aliphatic carbocycles. The van der Waals surface area contributed by atoms with Crippen LogP contribution in [0.1, 0.15) is 31.9 Å². The summed E-state index contributed by atoms with van der Waals surface area (Å²) in [4.78, 5) is 28.3. The number of hydrogen-bond donors (Lipinski definition) is 1. The normalized spacial score (nSPS) is 11.9. The van der Waals surface area contributed by atoms with Gasteiger partial charge in [-0.2, -0.15) is 0 Å². The molecule has 2 aromatic rings. The highest BCUT2D eigenvalue weighted by Gasteiger charge is 2.26. The Hall–Kier alpha value is -1.98. The molecule has 2 amide bonds. The van der Waals surface area contributed by atoms with Gasteiger partial charge in [-0.25, -0.2) is 0 Å². The van der Waals surface area contributed by atoms with Crippen molar-refractivity contribution >= 4 is 35.2 Å². The maximum Gasteiger partial charge on any atom is 0.242 e. The van der Waals surface area contributed by atoms with Crippen molar-refractivity contribution in [1.82, 2.24) is 10.2 Å². The molecule has 0 heterocycles. The van der Waals surface area contributed by atoms with Crippen molar-refractivity contribution in [1.29, 1.82) is 0 Å². The molecule has 0 aliphatic rings. The van der Waals surface area contributed by atoms with Gasteiger partial charge in [0.25, 0.3) is 0 Å². The van der Waals surface area contributed by atoms with Gasteiger partial charge >= 0.3 is 0 Å². The topological polar surface area (TPSA) is 49.4 Å². The zero-order valence-electron chi connectivity index (χ0n) is 17.4. The molecule has 1 atom stereocenters. The smallest absolute Gasteiger partial charge is 0.242 e. The van der Waals surface area contributed by atoms with Crippen LogP contribution in [0.15, 0.2) is 53.4 Å². The number of rotatable bonds is 9. The Kier molecular flexibility index (Phi) is 9.05. The molecule has 0 aromatic heterocycles. The fourth-order valence-corrected chi connectivity index (χ4v) is 3.73. The second kappa shape index (κ2) is 11.3. The summed E-state index contributed by atoms with van der Waals surface area (Å²) in [6.45, 7) is 8.80. The minimum absolute atomic E-state index is 0.0808. The molecule has 0 bridgehead atoms.